The minimum Gasteiger partial charge on any atom is -0.462 e. The summed E-state index contributed by atoms with van der Waals surface area (Å²) in [5, 5.41) is 10.7. The van der Waals surface area contributed by atoms with Crippen molar-refractivity contribution in [2.45, 2.75) is 465 Å². The second kappa shape index (κ2) is 75.1. The summed E-state index contributed by atoms with van der Waals surface area (Å²) in [5.41, 5.74) is 0. The highest BCUT2D eigenvalue weighted by Crippen LogP contribution is 2.45. The monoisotopic (exact) mass is 1520 g/mol. The summed E-state index contributed by atoms with van der Waals surface area (Å²) < 4.78 is 68.8. The quantitative estimate of drug-likeness (QED) is 0.0222. The van der Waals surface area contributed by atoms with Crippen LogP contribution in [0.2, 0.25) is 0 Å². The Bertz CT molecular complexity index is 2010. The fraction of sp³-hybridized carbons (Fsp3) is 0.953. The van der Waals surface area contributed by atoms with Crippen LogP contribution in [0.5, 0.6) is 0 Å². The number of aliphatic hydroxyl groups excluding tert-OH is 1. The molecule has 0 spiro atoms. The van der Waals surface area contributed by atoms with Crippen molar-refractivity contribution < 1.29 is 80.2 Å². The summed E-state index contributed by atoms with van der Waals surface area (Å²) in [6.07, 6.45) is 65.3. The Hall–Kier alpha value is -1.94. The van der Waals surface area contributed by atoms with Gasteiger partial charge >= 0.3 is 39.5 Å². The first kappa shape index (κ1) is 102. The summed E-state index contributed by atoms with van der Waals surface area (Å²) in [5.74, 6) is 0.356. The van der Waals surface area contributed by atoms with Gasteiger partial charge < -0.3 is 33.8 Å². The molecule has 0 aliphatic rings. The van der Waals surface area contributed by atoms with Gasteiger partial charge in [-0.2, -0.15) is 0 Å². The van der Waals surface area contributed by atoms with E-state index >= 15 is 0 Å². The molecule has 0 rings (SSSR count). The maximum Gasteiger partial charge on any atom is 0.472 e. The molecule has 104 heavy (non-hydrogen) atoms. The third kappa shape index (κ3) is 76.8. The molecule has 3 unspecified atom stereocenters. The summed E-state index contributed by atoms with van der Waals surface area (Å²) in [6, 6.07) is 0. The maximum atomic E-state index is 13.1. The highest BCUT2D eigenvalue weighted by atomic mass is 31.2. The van der Waals surface area contributed by atoms with Gasteiger partial charge in [-0.25, -0.2) is 9.13 Å². The minimum atomic E-state index is -4.96. The van der Waals surface area contributed by atoms with Gasteiger partial charge in [-0.15, -0.1) is 0 Å². The highest BCUT2D eigenvalue weighted by Gasteiger charge is 2.30. The first-order valence-corrected chi connectivity index (χ1v) is 46.9. The van der Waals surface area contributed by atoms with E-state index in [9.17, 15) is 43.2 Å². The van der Waals surface area contributed by atoms with Crippen LogP contribution >= 0.6 is 15.6 Å². The second-order valence-electron chi connectivity index (χ2n) is 31.8. The van der Waals surface area contributed by atoms with Crippen molar-refractivity contribution in [1.29, 1.82) is 0 Å². The zero-order chi connectivity index (χ0) is 76.5. The van der Waals surface area contributed by atoms with Crippen molar-refractivity contribution >= 4 is 39.5 Å². The normalized spacial score (nSPS) is 14.2. The van der Waals surface area contributed by atoms with E-state index < -0.39 is 97.5 Å². The van der Waals surface area contributed by atoms with Gasteiger partial charge in [-0.05, 0) is 43.4 Å². The van der Waals surface area contributed by atoms with Crippen LogP contribution in [0, 0.1) is 17.8 Å². The molecule has 0 fully saturated rings. The van der Waals surface area contributed by atoms with Crippen LogP contribution in [0.4, 0.5) is 0 Å². The van der Waals surface area contributed by atoms with Crippen LogP contribution in [0.3, 0.4) is 0 Å². The van der Waals surface area contributed by atoms with E-state index in [-0.39, 0.29) is 25.7 Å². The van der Waals surface area contributed by atoms with Gasteiger partial charge in [0, 0.05) is 25.7 Å². The van der Waals surface area contributed by atoms with E-state index in [1.54, 1.807) is 0 Å². The molecule has 618 valence electrons. The summed E-state index contributed by atoms with van der Waals surface area (Å²) >= 11 is 0. The predicted molar refractivity (Wildman–Crippen MR) is 428 cm³/mol. The van der Waals surface area contributed by atoms with Crippen LogP contribution in [-0.2, 0) is 65.4 Å². The number of hydrogen-bond acceptors (Lipinski definition) is 15. The van der Waals surface area contributed by atoms with Crippen molar-refractivity contribution in [2.75, 3.05) is 39.6 Å². The van der Waals surface area contributed by atoms with E-state index in [0.717, 1.165) is 114 Å². The van der Waals surface area contributed by atoms with Gasteiger partial charge in [-0.3, -0.25) is 37.3 Å². The number of aliphatic hydroxyl groups is 1. The molecule has 0 bridgehead atoms. The largest absolute Gasteiger partial charge is 0.472 e. The van der Waals surface area contributed by atoms with Crippen LogP contribution < -0.4 is 0 Å². The van der Waals surface area contributed by atoms with Crippen molar-refractivity contribution in [3.05, 3.63) is 0 Å². The maximum absolute atomic E-state index is 13.1. The Balaban J connectivity index is 5.19. The molecule has 0 aromatic rings. The van der Waals surface area contributed by atoms with Gasteiger partial charge in [-0.1, -0.05) is 395 Å². The Labute approximate surface area is 638 Å². The number of carbonyl (C=O) groups is 4. The Morgan fingerprint density at radius 3 is 0.731 bits per heavy atom. The standard InChI is InChI=1S/C85H166O17P2/c1-8-10-11-12-13-45-52-59-66-82(87)95-72-80(101-84(89)69-62-55-48-41-35-29-23-25-31-37-43-50-57-64-77(5)6)74-99-103(91,92)97-70-79(86)71-98-104(93,94)100-75-81(73-96-83(88)67-60-53-46-39-33-27-22-18-19-24-30-36-42-49-56-63-76(3)4)102-85(90)68-61-54-47-40-34-28-21-17-15-14-16-20-26-32-38-44-51-58-65-78(7)9-2/h76-81,86H,8-75H2,1-7H3,(H,91,92)(H,93,94)/t78?,79-,80+,81+/m0/s1. The number of unbranched alkanes of at least 4 members (excludes halogenated alkanes) is 50. The SMILES string of the molecule is CCCCCCCCCCC(=O)OC[C@H](COP(=O)(O)OC[C@H](O)COP(=O)(O)OC[C@@H](COC(=O)CCCCCCCCCCCCCCCCCC(C)C)OC(=O)CCCCCCCCCCCCCCCCCCCCC(C)CC)OC(=O)CCCCCCCCCCCCCCCC(C)C. The molecule has 17 nitrogen and oxygen atoms in total. The lowest BCUT2D eigenvalue weighted by Crippen LogP contribution is -2.30. The van der Waals surface area contributed by atoms with Gasteiger partial charge in [0.25, 0.3) is 0 Å². The summed E-state index contributed by atoms with van der Waals surface area (Å²) in [7, 11) is -9.92. The fourth-order valence-corrected chi connectivity index (χ4v) is 14.7. The first-order valence-electron chi connectivity index (χ1n) is 43.9. The zero-order valence-corrected chi connectivity index (χ0v) is 70.3. The van der Waals surface area contributed by atoms with Gasteiger partial charge in [0.05, 0.1) is 26.4 Å². The number of hydrogen-bond donors (Lipinski definition) is 3. The minimum absolute atomic E-state index is 0.107. The first-order chi connectivity index (χ1) is 50.3. The fourth-order valence-electron chi connectivity index (χ4n) is 13.2. The van der Waals surface area contributed by atoms with Crippen molar-refractivity contribution in [3.8, 4) is 0 Å². The molecule has 0 aliphatic heterocycles. The number of esters is 4. The average molecular weight is 1520 g/mol. The highest BCUT2D eigenvalue weighted by molar-refractivity contribution is 7.47. The lowest BCUT2D eigenvalue weighted by atomic mass is 9.99. The second-order valence-corrected chi connectivity index (χ2v) is 34.7. The number of carbonyl (C=O) groups excluding carboxylic acids is 4. The van der Waals surface area contributed by atoms with Crippen LogP contribution in [0.25, 0.3) is 0 Å². The summed E-state index contributed by atoms with van der Waals surface area (Å²) in [4.78, 5) is 73.1. The van der Waals surface area contributed by atoms with E-state index in [1.165, 1.54) is 250 Å². The van der Waals surface area contributed by atoms with Crippen LogP contribution in [0.1, 0.15) is 447 Å². The van der Waals surface area contributed by atoms with E-state index in [0.29, 0.717) is 25.7 Å². The third-order valence-corrected chi connectivity index (χ3v) is 22.1. The molecule has 0 amide bonds. The Morgan fingerprint density at radius 1 is 0.279 bits per heavy atom. The molecule has 0 saturated heterocycles. The molecule has 0 radical (unpaired) electrons. The lowest BCUT2D eigenvalue weighted by molar-refractivity contribution is -0.161. The number of phosphoric acid groups is 2. The van der Waals surface area contributed by atoms with Crippen molar-refractivity contribution in [2.24, 2.45) is 17.8 Å². The molecule has 3 N–H and O–H groups in total. The summed E-state index contributed by atoms with van der Waals surface area (Å²) in [6.45, 7) is 12.1. The molecule has 0 heterocycles. The van der Waals surface area contributed by atoms with E-state index in [4.69, 9.17) is 37.0 Å². The molecule has 0 aliphatic carbocycles. The topological polar surface area (TPSA) is 237 Å². The van der Waals surface area contributed by atoms with Gasteiger partial charge in [0.1, 0.15) is 19.3 Å². The van der Waals surface area contributed by atoms with Crippen LogP contribution in [0.15, 0.2) is 0 Å². The number of phosphoric ester groups is 2. The van der Waals surface area contributed by atoms with Crippen LogP contribution in [-0.4, -0.2) is 96.7 Å². The molecular formula is C85H166O17P2. The van der Waals surface area contributed by atoms with E-state index in [1.807, 2.05) is 0 Å². The lowest BCUT2D eigenvalue weighted by Gasteiger charge is -2.21. The average Bonchev–Trinajstić information content (AvgIpc) is 0.937. The molecule has 0 aromatic carbocycles. The molecule has 0 aromatic heterocycles. The smallest absolute Gasteiger partial charge is 0.462 e. The van der Waals surface area contributed by atoms with Gasteiger partial charge in [0.2, 0.25) is 0 Å². The van der Waals surface area contributed by atoms with Crippen molar-refractivity contribution in [3.63, 3.8) is 0 Å². The number of ether oxygens (including phenoxy) is 4. The molecule has 0 saturated carbocycles. The molecule has 6 atom stereocenters. The molecular weight excluding hydrogens is 1350 g/mol. The Kier molecular flexibility index (Phi) is 73.7. The van der Waals surface area contributed by atoms with Crippen molar-refractivity contribution in [1.82, 2.24) is 0 Å². The van der Waals surface area contributed by atoms with E-state index in [2.05, 4.69) is 48.5 Å². The van der Waals surface area contributed by atoms with Gasteiger partial charge in [0.15, 0.2) is 12.2 Å². The molecule has 19 heteroatoms. The Morgan fingerprint density at radius 2 is 0.490 bits per heavy atom. The predicted octanol–water partition coefficient (Wildman–Crippen LogP) is 25.7. The third-order valence-electron chi connectivity index (χ3n) is 20.2. The number of rotatable bonds is 83. The zero-order valence-electron chi connectivity index (χ0n) is 68.5.